The fraction of sp³-hybridized carbons (Fsp3) is 0.500. The van der Waals surface area contributed by atoms with Crippen LogP contribution in [0.5, 0.6) is 0 Å². The van der Waals surface area contributed by atoms with E-state index >= 15 is 0 Å². The second-order valence-electron chi connectivity index (χ2n) is 3.91. The van der Waals surface area contributed by atoms with Gasteiger partial charge in [0.1, 0.15) is 4.88 Å². The summed E-state index contributed by atoms with van der Waals surface area (Å²) in [6, 6.07) is 0. The number of carbonyl (C=O) groups is 1. The van der Waals surface area contributed by atoms with Gasteiger partial charge in [-0.25, -0.2) is 9.64 Å². The Morgan fingerprint density at radius 1 is 1.50 bits per heavy atom. The predicted octanol–water partition coefficient (Wildman–Crippen LogP) is 2.23. The van der Waals surface area contributed by atoms with Crippen molar-refractivity contribution in [1.82, 2.24) is 0 Å². The van der Waals surface area contributed by atoms with Gasteiger partial charge in [-0.05, 0) is 12.5 Å². The molecule has 1 saturated heterocycles. The molecular formula is C12H14N2O3S. The molecule has 1 aromatic heterocycles. The molecule has 0 aromatic carbocycles. The van der Waals surface area contributed by atoms with Crippen molar-refractivity contribution >= 4 is 28.0 Å². The van der Waals surface area contributed by atoms with Crippen molar-refractivity contribution in [3.05, 3.63) is 21.9 Å². The number of thiophene rings is 1. The number of carbonyl (C=O) groups excluding carboxylic acids is 1. The minimum atomic E-state index is -0.373. The average Bonchev–Trinajstić information content (AvgIpc) is 2.76. The molecule has 1 fully saturated rings. The molecule has 1 aliphatic heterocycles. The molecule has 0 unspecified atom stereocenters. The van der Waals surface area contributed by atoms with Gasteiger partial charge in [0.05, 0.1) is 31.9 Å². The molecule has 5 nitrogen and oxygen atoms in total. The first-order valence-electron chi connectivity index (χ1n) is 5.61. The number of hydrogen-bond donors (Lipinski definition) is 0. The summed E-state index contributed by atoms with van der Waals surface area (Å²) < 4.78 is 10.0. The van der Waals surface area contributed by atoms with Gasteiger partial charge in [0.25, 0.3) is 0 Å². The van der Waals surface area contributed by atoms with Crippen LogP contribution in [0.1, 0.15) is 15.2 Å². The summed E-state index contributed by atoms with van der Waals surface area (Å²) in [5.41, 5.74) is 1.27. The molecule has 1 aromatic rings. The molecule has 0 aliphatic carbocycles. The van der Waals surface area contributed by atoms with Gasteiger partial charge in [0.2, 0.25) is 5.69 Å². The summed E-state index contributed by atoms with van der Waals surface area (Å²) in [4.78, 5) is 17.8. The first-order valence-corrected chi connectivity index (χ1v) is 6.42. The Labute approximate surface area is 110 Å². The van der Waals surface area contributed by atoms with Gasteiger partial charge >= 0.3 is 5.97 Å². The zero-order valence-electron chi connectivity index (χ0n) is 10.4. The van der Waals surface area contributed by atoms with Crippen LogP contribution < -0.4 is 4.90 Å². The Balaban J connectivity index is 2.40. The molecule has 2 rings (SSSR count). The van der Waals surface area contributed by atoms with E-state index in [-0.39, 0.29) is 5.97 Å². The lowest BCUT2D eigenvalue weighted by Crippen LogP contribution is -2.35. The molecule has 96 valence electrons. The smallest absolute Gasteiger partial charge is 0.347 e. The van der Waals surface area contributed by atoms with E-state index in [4.69, 9.17) is 16.0 Å². The highest BCUT2D eigenvalue weighted by molar-refractivity contribution is 7.18. The van der Waals surface area contributed by atoms with Crippen LogP contribution in [0.2, 0.25) is 0 Å². The number of rotatable bonds is 2. The van der Waals surface area contributed by atoms with E-state index in [9.17, 15) is 4.79 Å². The Hall–Kier alpha value is -1.58. The second kappa shape index (κ2) is 5.38. The van der Waals surface area contributed by atoms with Gasteiger partial charge in [0, 0.05) is 13.1 Å². The highest BCUT2D eigenvalue weighted by atomic mass is 32.1. The second-order valence-corrected chi connectivity index (χ2v) is 4.91. The van der Waals surface area contributed by atoms with E-state index in [0.29, 0.717) is 29.3 Å². The number of morpholine rings is 1. The lowest BCUT2D eigenvalue weighted by Gasteiger charge is -2.28. The maximum atomic E-state index is 11.6. The van der Waals surface area contributed by atoms with Crippen LogP contribution in [0.25, 0.3) is 4.85 Å². The van der Waals surface area contributed by atoms with E-state index < -0.39 is 0 Å². The highest BCUT2D eigenvalue weighted by Gasteiger charge is 2.24. The number of methoxy groups -OCH3 is 1. The molecule has 0 spiro atoms. The van der Waals surface area contributed by atoms with Crippen LogP contribution in [0.4, 0.5) is 10.7 Å². The monoisotopic (exact) mass is 266 g/mol. The molecule has 1 aliphatic rings. The van der Waals surface area contributed by atoms with Gasteiger partial charge in [-0.2, -0.15) is 0 Å². The van der Waals surface area contributed by atoms with Crippen molar-refractivity contribution in [3.63, 3.8) is 0 Å². The van der Waals surface area contributed by atoms with E-state index in [1.165, 1.54) is 18.4 Å². The maximum Gasteiger partial charge on any atom is 0.347 e. The molecule has 0 amide bonds. The molecular weight excluding hydrogens is 252 g/mol. The van der Waals surface area contributed by atoms with Crippen molar-refractivity contribution in [2.45, 2.75) is 6.92 Å². The topological polar surface area (TPSA) is 43.1 Å². The fourth-order valence-electron chi connectivity index (χ4n) is 1.89. The Kier molecular flexibility index (Phi) is 3.84. The lowest BCUT2D eigenvalue weighted by atomic mass is 10.2. The summed E-state index contributed by atoms with van der Waals surface area (Å²) in [5, 5.41) is 0.853. The highest BCUT2D eigenvalue weighted by Crippen LogP contribution is 2.42. The van der Waals surface area contributed by atoms with Crippen LogP contribution in [0.15, 0.2) is 0 Å². The maximum absolute atomic E-state index is 11.6. The number of ether oxygens (including phenoxy) is 2. The summed E-state index contributed by atoms with van der Waals surface area (Å²) >= 11 is 1.33. The van der Waals surface area contributed by atoms with Gasteiger partial charge in [-0.1, -0.05) is 0 Å². The summed E-state index contributed by atoms with van der Waals surface area (Å²) in [6.07, 6.45) is 0. The van der Waals surface area contributed by atoms with Crippen molar-refractivity contribution in [3.8, 4) is 0 Å². The average molecular weight is 266 g/mol. The molecule has 0 N–H and O–H groups in total. The fourth-order valence-corrected chi connectivity index (χ4v) is 3.11. The van der Waals surface area contributed by atoms with Gasteiger partial charge in [0.15, 0.2) is 0 Å². The zero-order chi connectivity index (χ0) is 13.1. The van der Waals surface area contributed by atoms with Crippen LogP contribution in [0.3, 0.4) is 0 Å². The SMILES string of the molecule is [C-]#[N+]c1c(N2CCOCC2)sc(C(=O)OC)c1C. The van der Waals surface area contributed by atoms with E-state index in [1.807, 2.05) is 0 Å². The first-order chi connectivity index (χ1) is 8.69. The Morgan fingerprint density at radius 2 is 2.17 bits per heavy atom. The molecule has 18 heavy (non-hydrogen) atoms. The third-order valence-electron chi connectivity index (χ3n) is 2.88. The van der Waals surface area contributed by atoms with E-state index in [0.717, 1.165) is 18.1 Å². The molecule has 0 saturated carbocycles. The van der Waals surface area contributed by atoms with Crippen molar-refractivity contribution < 1.29 is 14.3 Å². The quantitative estimate of drug-likeness (QED) is 0.608. The van der Waals surface area contributed by atoms with Crippen LogP contribution >= 0.6 is 11.3 Å². The van der Waals surface area contributed by atoms with Crippen molar-refractivity contribution in [1.29, 1.82) is 0 Å². The first kappa shape index (κ1) is 12.9. The molecule has 0 radical (unpaired) electrons. The Morgan fingerprint density at radius 3 is 2.72 bits per heavy atom. The summed E-state index contributed by atoms with van der Waals surface area (Å²) in [7, 11) is 1.35. The Bertz CT molecular complexity index is 498. The minimum absolute atomic E-state index is 0.373. The number of nitrogens with zero attached hydrogens (tertiary/aromatic N) is 2. The predicted molar refractivity (Wildman–Crippen MR) is 69.7 cm³/mol. The lowest BCUT2D eigenvalue weighted by molar-refractivity contribution is 0.0605. The van der Waals surface area contributed by atoms with E-state index in [2.05, 4.69) is 9.74 Å². The molecule has 0 bridgehead atoms. The molecule has 6 heteroatoms. The van der Waals surface area contributed by atoms with E-state index in [1.54, 1.807) is 6.92 Å². The molecule has 2 heterocycles. The summed E-state index contributed by atoms with van der Waals surface area (Å²) in [6.45, 7) is 11.9. The van der Waals surface area contributed by atoms with Crippen molar-refractivity contribution in [2.24, 2.45) is 0 Å². The third-order valence-corrected chi connectivity index (χ3v) is 4.20. The largest absolute Gasteiger partial charge is 0.465 e. The zero-order valence-corrected chi connectivity index (χ0v) is 11.2. The van der Waals surface area contributed by atoms with Gasteiger partial charge in [-0.3, -0.25) is 0 Å². The third kappa shape index (κ3) is 2.19. The normalized spacial score (nSPS) is 15.3. The molecule has 0 atom stereocenters. The van der Waals surface area contributed by atoms with Crippen LogP contribution in [-0.4, -0.2) is 39.4 Å². The number of esters is 1. The van der Waals surface area contributed by atoms with Crippen LogP contribution in [-0.2, 0) is 9.47 Å². The number of anilines is 1. The van der Waals surface area contributed by atoms with Gasteiger partial charge in [-0.15, -0.1) is 11.3 Å². The van der Waals surface area contributed by atoms with Crippen molar-refractivity contribution in [2.75, 3.05) is 38.3 Å². The van der Waals surface area contributed by atoms with Crippen LogP contribution in [0, 0.1) is 13.5 Å². The minimum Gasteiger partial charge on any atom is -0.465 e. The standard InChI is InChI=1S/C12H14N2O3S/c1-8-9(13-2)11(14-4-6-17-7-5-14)18-10(8)12(15)16-3/h4-7H2,1,3H3. The van der Waals surface area contributed by atoms with Gasteiger partial charge < -0.3 is 14.4 Å². The number of hydrogen-bond acceptors (Lipinski definition) is 5. The summed E-state index contributed by atoms with van der Waals surface area (Å²) in [5.74, 6) is -0.373.